The summed E-state index contributed by atoms with van der Waals surface area (Å²) >= 11 is 0. The normalized spacial score (nSPS) is 17.5. The van der Waals surface area contributed by atoms with Gasteiger partial charge in [-0.2, -0.15) is 0 Å². The predicted octanol–water partition coefficient (Wildman–Crippen LogP) is 3.55. The van der Waals surface area contributed by atoms with Crippen LogP contribution in [0.5, 0.6) is 0 Å². The van der Waals surface area contributed by atoms with E-state index in [4.69, 9.17) is 6.42 Å². The van der Waals surface area contributed by atoms with Crippen LogP contribution < -0.4 is 0 Å². The van der Waals surface area contributed by atoms with E-state index in [2.05, 4.69) is 44.0 Å². The lowest BCUT2D eigenvalue weighted by atomic mass is 9.94. The molecule has 0 heteroatoms. The molecule has 1 aromatic rings. The van der Waals surface area contributed by atoms with Crippen molar-refractivity contribution >= 4 is 0 Å². The molecule has 0 amide bonds. The predicted molar refractivity (Wildman–Crippen MR) is 64.7 cm³/mol. The van der Waals surface area contributed by atoms with Crippen molar-refractivity contribution in [1.82, 2.24) is 0 Å². The van der Waals surface area contributed by atoms with Crippen LogP contribution in [-0.4, -0.2) is 0 Å². The quantitative estimate of drug-likeness (QED) is 0.652. The van der Waals surface area contributed by atoms with Crippen molar-refractivity contribution in [3.05, 3.63) is 35.4 Å². The second-order valence-corrected chi connectivity index (χ2v) is 5.02. The van der Waals surface area contributed by atoms with Gasteiger partial charge < -0.3 is 0 Å². The first kappa shape index (κ1) is 10.3. The SMILES string of the molecule is C#CC1(c2ccc(CC(C)C)cc2)CC1. The van der Waals surface area contributed by atoms with Gasteiger partial charge in [0.2, 0.25) is 0 Å². The average Bonchev–Trinajstić information content (AvgIpc) is 2.99. The Kier molecular flexibility index (Phi) is 2.57. The Morgan fingerprint density at radius 3 is 2.27 bits per heavy atom. The van der Waals surface area contributed by atoms with Crippen molar-refractivity contribution in [3.8, 4) is 12.3 Å². The van der Waals surface area contributed by atoms with Crippen LogP contribution in [0.15, 0.2) is 24.3 Å². The van der Waals surface area contributed by atoms with E-state index >= 15 is 0 Å². The van der Waals surface area contributed by atoms with E-state index in [9.17, 15) is 0 Å². The van der Waals surface area contributed by atoms with Crippen LogP contribution in [0.25, 0.3) is 0 Å². The van der Waals surface area contributed by atoms with Crippen molar-refractivity contribution in [2.24, 2.45) is 5.92 Å². The summed E-state index contributed by atoms with van der Waals surface area (Å²) in [6.07, 6.45) is 9.05. The van der Waals surface area contributed by atoms with Crippen molar-refractivity contribution in [2.75, 3.05) is 0 Å². The molecule has 0 N–H and O–H groups in total. The van der Waals surface area contributed by atoms with Crippen molar-refractivity contribution in [3.63, 3.8) is 0 Å². The van der Waals surface area contributed by atoms with E-state index in [1.807, 2.05) is 0 Å². The van der Waals surface area contributed by atoms with Crippen LogP contribution in [0.2, 0.25) is 0 Å². The highest BCUT2D eigenvalue weighted by atomic mass is 14.4. The van der Waals surface area contributed by atoms with Crippen LogP contribution in [0.1, 0.15) is 37.8 Å². The lowest BCUT2D eigenvalue weighted by Crippen LogP contribution is -2.02. The molecule has 0 nitrogen and oxygen atoms in total. The zero-order valence-corrected chi connectivity index (χ0v) is 9.59. The molecule has 0 aromatic heterocycles. The molecule has 2 rings (SSSR count). The Bertz CT molecular complexity index is 371. The van der Waals surface area contributed by atoms with Gasteiger partial charge in [-0.25, -0.2) is 0 Å². The lowest BCUT2D eigenvalue weighted by Gasteiger charge is -2.10. The van der Waals surface area contributed by atoms with Gasteiger partial charge in [-0.1, -0.05) is 44.0 Å². The van der Waals surface area contributed by atoms with Crippen LogP contribution >= 0.6 is 0 Å². The highest BCUT2D eigenvalue weighted by Crippen LogP contribution is 2.47. The highest BCUT2D eigenvalue weighted by Gasteiger charge is 2.42. The summed E-state index contributed by atoms with van der Waals surface area (Å²) in [5.74, 6) is 3.65. The van der Waals surface area contributed by atoms with Crippen LogP contribution in [0.3, 0.4) is 0 Å². The van der Waals surface area contributed by atoms with Gasteiger partial charge >= 0.3 is 0 Å². The lowest BCUT2D eigenvalue weighted by molar-refractivity contribution is 0.647. The maximum atomic E-state index is 5.57. The summed E-state index contributed by atoms with van der Waals surface area (Å²) in [6, 6.07) is 8.88. The molecule has 0 heterocycles. The first-order valence-corrected chi connectivity index (χ1v) is 5.73. The Morgan fingerprint density at radius 1 is 1.27 bits per heavy atom. The fourth-order valence-corrected chi connectivity index (χ4v) is 2.07. The van der Waals surface area contributed by atoms with Gasteiger partial charge in [0.1, 0.15) is 0 Å². The van der Waals surface area contributed by atoms with E-state index in [1.165, 1.54) is 11.1 Å². The fourth-order valence-electron chi connectivity index (χ4n) is 2.07. The number of hydrogen-bond acceptors (Lipinski definition) is 0. The highest BCUT2D eigenvalue weighted by molar-refractivity contribution is 5.41. The molecule has 1 aliphatic carbocycles. The molecule has 1 fully saturated rings. The molecular formula is C15H18. The molecule has 0 bridgehead atoms. The number of rotatable bonds is 3. The third-order valence-electron chi connectivity index (χ3n) is 3.18. The van der Waals surface area contributed by atoms with Gasteiger partial charge in [-0.3, -0.25) is 0 Å². The van der Waals surface area contributed by atoms with Gasteiger partial charge in [-0.05, 0) is 36.3 Å². The summed E-state index contributed by atoms with van der Waals surface area (Å²) < 4.78 is 0. The summed E-state index contributed by atoms with van der Waals surface area (Å²) in [7, 11) is 0. The second-order valence-electron chi connectivity index (χ2n) is 5.02. The summed E-state index contributed by atoms with van der Waals surface area (Å²) in [5, 5.41) is 0. The van der Waals surface area contributed by atoms with Gasteiger partial charge in [0.05, 0.1) is 5.41 Å². The van der Waals surface area contributed by atoms with E-state index in [0.717, 1.165) is 25.2 Å². The molecule has 0 saturated heterocycles. The summed E-state index contributed by atoms with van der Waals surface area (Å²) in [5.41, 5.74) is 2.84. The summed E-state index contributed by atoms with van der Waals surface area (Å²) in [6.45, 7) is 4.50. The number of terminal acetylenes is 1. The van der Waals surface area contributed by atoms with Crippen LogP contribution in [0.4, 0.5) is 0 Å². The van der Waals surface area contributed by atoms with E-state index < -0.39 is 0 Å². The first-order chi connectivity index (χ1) is 7.16. The third-order valence-corrected chi connectivity index (χ3v) is 3.18. The Labute approximate surface area is 92.7 Å². The molecule has 0 aliphatic heterocycles. The van der Waals surface area contributed by atoms with Crippen LogP contribution in [-0.2, 0) is 11.8 Å². The molecule has 0 unspecified atom stereocenters. The fraction of sp³-hybridized carbons (Fsp3) is 0.467. The average molecular weight is 198 g/mol. The monoisotopic (exact) mass is 198 g/mol. The largest absolute Gasteiger partial charge is 0.119 e. The standard InChI is InChI=1S/C15H18/c1-4-15(9-10-15)14-7-5-13(6-8-14)11-12(2)3/h1,5-8,12H,9-11H2,2-3H3. The molecule has 0 spiro atoms. The minimum atomic E-state index is 0.0936. The molecule has 1 aliphatic rings. The van der Waals surface area contributed by atoms with Crippen LogP contribution in [0, 0.1) is 18.3 Å². The number of hydrogen-bond donors (Lipinski definition) is 0. The third kappa shape index (κ3) is 2.07. The Hall–Kier alpha value is -1.22. The Morgan fingerprint density at radius 2 is 1.87 bits per heavy atom. The van der Waals surface area contributed by atoms with Crippen molar-refractivity contribution in [2.45, 2.75) is 38.5 Å². The van der Waals surface area contributed by atoms with Crippen molar-refractivity contribution < 1.29 is 0 Å². The van der Waals surface area contributed by atoms with Gasteiger partial charge in [-0.15, -0.1) is 6.42 Å². The maximum absolute atomic E-state index is 5.57. The van der Waals surface area contributed by atoms with Crippen molar-refractivity contribution in [1.29, 1.82) is 0 Å². The number of benzene rings is 1. The van der Waals surface area contributed by atoms with Gasteiger partial charge in [0.25, 0.3) is 0 Å². The molecule has 0 radical (unpaired) electrons. The second kappa shape index (κ2) is 3.74. The van der Waals surface area contributed by atoms with E-state index in [1.54, 1.807) is 0 Å². The van der Waals surface area contributed by atoms with Gasteiger partial charge in [0.15, 0.2) is 0 Å². The van der Waals surface area contributed by atoms with E-state index in [0.29, 0.717) is 0 Å². The molecule has 1 aromatic carbocycles. The van der Waals surface area contributed by atoms with E-state index in [-0.39, 0.29) is 5.41 Å². The Balaban J connectivity index is 2.15. The maximum Gasteiger partial charge on any atom is 0.0561 e. The molecule has 78 valence electrons. The molecule has 0 atom stereocenters. The smallest absolute Gasteiger partial charge is 0.0561 e. The van der Waals surface area contributed by atoms with Gasteiger partial charge in [0, 0.05) is 0 Å². The molecule has 1 saturated carbocycles. The summed E-state index contributed by atoms with van der Waals surface area (Å²) in [4.78, 5) is 0. The zero-order valence-electron chi connectivity index (χ0n) is 9.59. The zero-order chi connectivity index (χ0) is 10.9. The topological polar surface area (TPSA) is 0 Å². The minimum absolute atomic E-state index is 0.0936. The molecular weight excluding hydrogens is 180 g/mol. The first-order valence-electron chi connectivity index (χ1n) is 5.73. The minimum Gasteiger partial charge on any atom is -0.119 e. The molecule has 15 heavy (non-hydrogen) atoms.